The maximum atomic E-state index is 12.3. The summed E-state index contributed by atoms with van der Waals surface area (Å²) in [5.41, 5.74) is 0. The third-order valence-electron chi connectivity index (χ3n) is 3.74. The zero-order chi connectivity index (χ0) is 14.9. The van der Waals surface area contributed by atoms with Crippen molar-refractivity contribution in [2.45, 2.75) is 42.4 Å². The monoisotopic (exact) mass is 313 g/mol. The number of hydrogen-bond acceptors (Lipinski definition) is 5. The van der Waals surface area contributed by atoms with Crippen LogP contribution in [0, 0.1) is 0 Å². The Hall–Kier alpha value is -1.15. The van der Waals surface area contributed by atoms with Crippen LogP contribution in [0.2, 0.25) is 0 Å². The van der Waals surface area contributed by atoms with Crippen molar-refractivity contribution in [2.75, 3.05) is 13.2 Å². The summed E-state index contributed by atoms with van der Waals surface area (Å²) in [6.07, 6.45) is 1.65. The fraction of sp³-hybridized carbons (Fsp3) is 0.571. The Bertz CT molecular complexity index is 599. The first kappa shape index (κ1) is 14.8. The quantitative estimate of drug-likeness (QED) is 0.753. The summed E-state index contributed by atoms with van der Waals surface area (Å²) in [4.78, 5) is 0.149. The number of epoxide rings is 1. The molecule has 0 aromatic heterocycles. The predicted molar refractivity (Wildman–Crippen MR) is 75.6 cm³/mol. The second-order valence-corrected chi connectivity index (χ2v) is 7.18. The number of ether oxygens (including phenoxy) is 2. The molecule has 0 spiro atoms. The number of benzene rings is 1. The van der Waals surface area contributed by atoms with Gasteiger partial charge in [0.05, 0.1) is 17.6 Å². The Morgan fingerprint density at radius 2 is 2.19 bits per heavy atom. The first-order valence-corrected chi connectivity index (χ1v) is 8.58. The highest BCUT2D eigenvalue weighted by Gasteiger charge is 2.30. The molecule has 0 bridgehead atoms. The maximum absolute atomic E-state index is 12.3. The lowest BCUT2D eigenvalue weighted by Gasteiger charge is -2.17. The van der Waals surface area contributed by atoms with Gasteiger partial charge in [0.2, 0.25) is 10.0 Å². The Balaban J connectivity index is 1.69. The number of sulfonamides is 1. The van der Waals surface area contributed by atoms with Gasteiger partial charge in [0, 0.05) is 12.1 Å². The first-order chi connectivity index (χ1) is 10.0. The third kappa shape index (κ3) is 3.74. The van der Waals surface area contributed by atoms with E-state index in [-0.39, 0.29) is 11.0 Å². The molecule has 116 valence electrons. The third-order valence-corrected chi connectivity index (χ3v) is 5.23. The van der Waals surface area contributed by atoms with Crippen molar-refractivity contribution in [3.05, 3.63) is 24.3 Å². The molecule has 3 rings (SSSR count). The molecule has 1 saturated carbocycles. The van der Waals surface area contributed by atoms with E-state index >= 15 is 0 Å². The van der Waals surface area contributed by atoms with E-state index in [0.717, 1.165) is 6.42 Å². The summed E-state index contributed by atoms with van der Waals surface area (Å²) < 4.78 is 37.8. The number of nitrogens with one attached hydrogen (secondary N) is 1. The van der Waals surface area contributed by atoms with E-state index in [9.17, 15) is 13.5 Å². The van der Waals surface area contributed by atoms with Crippen molar-refractivity contribution in [3.63, 3.8) is 0 Å². The summed E-state index contributed by atoms with van der Waals surface area (Å²) in [5, 5.41) is 9.74. The molecule has 1 aromatic rings. The minimum Gasteiger partial charge on any atom is -0.491 e. The van der Waals surface area contributed by atoms with Gasteiger partial charge in [-0.15, -0.1) is 0 Å². The second kappa shape index (κ2) is 5.92. The molecule has 2 fully saturated rings. The summed E-state index contributed by atoms with van der Waals surface area (Å²) >= 11 is 0. The van der Waals surface area contributed by atoms with Crippen LogP contribution in [0.5, 0.6) is 5.75 Å². The van der Waals surface area contributed by atoms with Crippen LogP contribution < -0.4 is 9.46 Å². The van der Waals surface area contributed by atoms with Crippen LogP contribution in [0.4, 0.5) is 0 Å². The molecule has 0 amide bonds. The predicted octanol–water partition coefficient (Wildman–Crippen LogP) is 0.656. The molecular weight excluding hydrogens is 294 g/mol. The molecule has 1 heterocycles. The number of aliphatic hydroxyl groups is 1. The van der Waals surface area contributed by atoms with Crippen LogP contribution in [-0.2, 0) is 14.8 Å². The highest BCUT2D eigenvalue weighted by molar-refractivity contribution is 7.89. The van der Waals surface area contributed by atoms with Crippen molar-refractivity contribution in [1.29, 1.82) is 0 Å². The van der Waals surface area contributed by atoms with Gasteiger partial charge in [0.1, 0.15) is 18.5 Å². The van der Waals surface area contributed by atoms with Crippen LogP contribution in [0.3, 0.4) is 0 Å². The van der Waals surface area contributed by atoms with Crippen LogP contribution in [-0.4, -0.2) is 45.0 Å². The lowest BCUT2D eigenvalue weighted by molar-refractivity contribution is 0.159. The minimum atomic E-state index is -3.64. The average Bonchev–Trinajstić information content (AvgIpc) is 3.21. The standard InChI is InChI=1S/C14H19NO5S/c16-14-6-2-5-13(14)15-21(17,18)12-4-1-3-10(7-12)19-8-11-9-20-11/h1,3-4,7,11,13-16H,2,5-6,8-9H2/t11-,13-,14+/m1/s1. The topological polar surface area (TPSA) is 88.2 Å². The van der Waals surface area contributed by atoms with Gasteiger partial charge in [-0.25, -0.2) is 13.1 Å². The molecule has 1 aliphatic carbocycles. The van der Waals surface area contributed by atoms with Crippen LogP contribution >= 0.6 is 0 Å². The van der Waals surface area contributed by atoms with Crippen molar-refractivity contribution in [2.24, 2.45) is 0 Å². The van der Waals surface area contributed by atoms with Crippen LogP contribution in [0.25, 0.3) is 0 Å². The second-order valence-electron chi connectivity index (χ2n) is 5.47. The Kier molecular flexibility index (Phi) is 4.17. The van der Waals surface area contributed by atoms with Gasteiger partial charge >= 0.3 is 0 Å². The molecule has 1 aliphatic heterocycles. The van der Waals surface area contributed by atoms with E-state index in [2.05, 4.69) is 4.72 Å². The Morgan fingerprint density at radius 1 is 1.38 bits per heavy atom. The fourth-order valence-corrected chi connectivity index (χ4v) is 3.77. The van der Waals surface area contributed by atoms with E-state index in [4.69, 9.17) is 9.47 Å². The minimum absolute atomic E-state index is 0.122. The van der Waals surface area contributed by atoms with E-state index in [0.29, 0.717) is 31.8 Å². The summed E-state index contributed by atoms with van der Waals surface area (Å²) in [7, 11) is -3.64. The van der Waals surface area contributed by atoms with Crippen molar-refractivity contribution in [3.8, 4) is 5.75 Å². The van der Waals surface area contributed by atoms with E-state index in [1.54, 1.807) is 12.1 Å². The van der Waals surface area contributed by atoms with E-state index < -0.39 is 22.2 Å². The molecule has 3 atom stereocenters. The van der Waals surface area contributed by atoms with Gasteiger partial charge in [-0.1, -0.05) is 6.07 Å². The SMILES string of the molecule is O=S(=O)(N[C@@H]1CCC[C@@H]1O)c1cccc(OC[C@@H]2CO2)c1. The highest BCUT2D eigenvalue weighted by Crippen LogP contribution is 2.23. The van der Waals surface area contributed by atoms with Crippen LogP contribution in [0.15, 0.2) is 29.2 Å². The zero-order valence-electron chi connectivity index (χ0n) is 11.6. The molecule has 0 radical (unpaired) electrons. The molecule has 1 aromatic carbocycles. The Labute approximate surface area is 124 Å². The largest absolute Gasteiger partial charge is 0.491 e. The lowest BCUT2D eigenvalue weighted by Crippen LogP contribution is -2.39. The molecule has 0 unspecified atom stereocenters. The van der Waals surface area contributed by atoms with Gasteiger partial charge in [-0.05, 0) is 31.4 Å². The fourth-order valence-electron chi connectivity index (χ4n) is 2.43. The Morgan fingerprint density at radius 3 is 2.86 bits per heavy atom. The molecule has 2 aliphatic rings. The van der Waals surface area contributed by atoms with E-state index in [1.165, 1.54) is 12.1 Å². The summed E-state index contributed by atoms with van der Waals surface area (Å²) in [6, 6.07) is 5.96. The normalized spacial score (nSPS) is 28.5. The average molecular weight is 313 g/mol. The van der Waals surface area contributed by atoms with Crippen molar-refractivity contribution >= 4 is 10.0 Å². The van der Waals surface area contributed by atoms with Gasteiger partial charge in [0.15, 0.2) is 0 Å². The summed E-state index contributed by atoms with van der Waals surface area (Å²) in [5.74, 6) is 0.500. The van der Waals surface area contributed by atoms with Gasteiger partial charge in [0.25, 0.3) is 0 Å². The smallest absolute Gasteiger partial charge is 0.241 e. The van der Waals surface area contributed by atoms with Crippen LogP contribution in [0.1, 0.15) is 19.3 Å². The number of hydrogen-bond donors (Lipinski definition) is 2. The van der Waals surface area contributed by atoms with Crippen molar-refractivity contribution < 1.29 is 23.0 Å². The summed E-state index contributed by atoms with van der Waals surface area (Å²) in [6.45, 7) is 1.12. The van der Waals surface area contributed by atoms with Gasteiger partial charge in [-0.3, -0.25) is 0 Å². The molecular formula is C14H19NO5S. The lowest BCUT2D eigenvalue weighted by atomic mass is 10.2. The molecule has 2 N–H and O–H groups in total. The zero-order valence-corrected chi connectivity index (χ0v) is 12.4. The molecule has 1 saturated heterocycles. The van der Waals surface area contributed by atoms with Gasteiger partial charge in [-0.2, -0.15) is 0 Å². The molecule has 6 nitrogen and oxygen atoms in total. The highest BCUT2D eigenvalue weighted by atomic mass is 32.2. The first-order valence-electron chi connectivity index (χ1n) is 7.09. The van der Waals surface area contributed by atoms with Gasteiger partial charge < -0.3 is 14.6 Å². The molecule has 7 heteroatoms. The van der Waals surface area contributed by atoms with Crippen molar-refractivity contribution in [1.82, 2.24) is 4.72 Å². The maximum Gasteiger partial charge on any atom is 0.241 e. The molecule has 21 heavy (non-hydrogen) atoms. The van der Waals surface area contributed by atoms with E-state index in [1.807, 2.05) is 0 Å². The number of rotatable bonds is 6. The number of aliphatic hydroxyl groups excluding tert-OH is 1.